The number of benzene rings is 2. The number of hydrogen-bond acceptors (Lipinski definition) is 9. The number of imidazole rings is 2. The van der Waals surface area contributed by atoms with Crippen LogP contribution in [0, 0.1) is 23.7 Å². The van der Waals surface area contributed by atoms with Gasteiger partial charge in [-0.3, -0.25) is 14.6 Å². The molecule has 15 heteroatoms. The molecule has 58 heavy (non-hydrogen) atoms. The molecule has 2 saturated heterocycles. The molecule has 0 saturated carbocycles. The van der Waals surface area contributed by atoms with Gasteiger partial charge in [-0.25, -0.2) is 19.6 Å². The van der Waals surface area contributed by atoms with E-state index in [1.165, 1.54) is 14.2 Å². The maximum Gasteiger partial charge on any atom is 0.407 e. The molecule has 2 aliphatic rings. The first kappa shape index (κ1) is 39.8. The molecule has 5 heterocycles. The topological polar surface area (TPSA) is 188 Å². The summed E-state index contributed by atoms with van der Waals surface area (Å²) in [5, 5.41) is 5.38. The van der Waals surface area contributed by atoms with Crippen molar-refractivity contribution in [2.45, 2.75) is 77.5 Å². The summed E-state index contributed by atoms with van der Waals surface area (Å²) < 4.78 is 9.52. The molecule has 0 aliphatic carbocycles. The highest BCUT2D eigenvalue weighted by molar-refractivity contribution is 5.88. The molecule has 2 aliphatic heterocycles. The van der Waals surface area contributed by atoms with Crippen LogP contribution >= 0.6 is 0 Å². The normalized spacial score (nSPS) is 17.7. The van der Waals surface area contributed by atoms with Crippen LogP contribution < -0.4 is 10.6 Å². The van der Waals surface area contributed by atoms with E-state index in [1.807, 2.05) is 76.2 Å². The summed E-state index contributed by atoms with van der Waals surface area (Å²) in [7, 11) is 2.57. The van der Waals surface area contributed by atoms with Crippen molar-refractivity contribution in [3.63, 3.8) is 0 Å². The lowest BCUT2D eigenvalue weighted by molar-refractivity contribution is -0.136. The third kappa shape index (κ3) is 8.32. The van der Waals surface area contributed by atoms with Crippen molar-refractivity contribution in [3.8, 4) is 23.1 Å². The largest absolute Gasteiger partial charge is 0.453 e. The summed E-state index contributed by atoms with van der Waals surface area (Å²) in [6.07, 6.45) is 3.68. The molecule has 0 radical (unpaired) electrons. The van der Waals surface area contributed by atoms with Crippen molar-refractivity contribution < 1.29 is 28.7 Å². The fourth-order valence-corrected chi connectivity index (χ4v) is 7.78. The molecular weight excluding hydrogens is 739 g/mol. The number of rotatable bonds is 9. The number of carbonyl (C=O) groups excluding carboxylic acids is 4. The summed E-state index contributed by atoms with van der Waals surface area (Å²) in [5.74, 6) is 7.33. The minimum absolute atomic E-state index is 0.116. The van der Waals surface area contributed by atoms with E-state index in [4.69, 9.17) is 24.4 Å². The van der Waals surface area contributed by atoms with E-state index in [2.05, 4.69) is 32.4 Å². The number of nitrogens with one attached hydrogen (secondary N) is 4. The minimum atomic E-state index is -0.701. The molecule has 0 spiro atoms. The van der Waals surface area contributed by atoms with E-state index in [0.717, 1.165) is 70.1 Å². The van der Waals surface area contributed by atoms with E-state index >= 15 is 0 Å². The summed E-state index contributed by atoms with van der Waals surface area (Å²) in [5.41, 5.74) is 6.47. The molecule has 2 fully saturated rings. The van der Waals surface area contributed by atoms with Gasteiger partial charge >= 0.3 is 12.2 Å². The van der Waals surface area contributed by atoms with Crippen molar-refractivity contribution in [2.75, 3.05) is 27.3 Å². The monoisotopic (exact) mass is 787 g/mol. The Labute approximate surface area is 336 Å². The maximum atomic E-state index is 13.6. The molecule has 7 rings (SSSR count). The molecule has 4 atom stereocenters. The van der Waals surface area contributed by atoms with Gasteiger partial charge in [-0.15, -0.1) is 0 Å². The minimum Gasteiger partial charge on any atom is -0.453 e. The number of H-pyrrole nitrogens is 2. The second-order valence-electron chi connectivity index (χ2n) is 15.5. The first-order valence-corrected chi connectivity index (χ1v) is 19.7. The molecule has 4 amide bonds. The van der Waals surface area contributed by atoms with Gasteiger partial charge in [-0.05, 0) is 80.0 Å². The molecule has 0 bridgehead atoms. The average Bonchev–Trinajstić information content (AvgIpc) is 4.05. The van der Waals surface area contributed by atoms with Gasteiger partial charge in [0.15, 0.2) is 0 Å². The number of alkyl carbamates (subject to hydrolysis) is 2. The number of fused-ring (bicyclic) bond motifs is 2. The Balaban J connectivity index is 1.03. The van der Waals surface area contributed by atoms with E-state index in [0.29, 0.717) is 24.7 Å². The van der Waals surface area contributed by atoms with Crippen LogP contribution in [0.2, 0.25) is 0 Å². The Kier molecular flexibility index (Phi) is 11.6. The standard InChI is InChI=1S/C43H49N9O6/c1-24(2)36(49-42(55)57-5)40(53)51-19-7-9-34(51)38-45-30-17-13-26(21-32(30)47-38)11-12-27-14-16-29(44-23-27)28-15-18-31-33(22-28)48-39(46-31)35-10-8-20-52(35)41(54)37(25(3)4)50-43(56)58-6/h13-18,21-25,34-37H,7-10,19-20H2,1-6H3,(H,45,47)(H,46,48)(H,49,55)(H,50,56). The third-order valence-electron chi connectivity index (χ3n) is 10.9. The first-order chi connectivity index (χ1) is 27.9. The van der Waals surface area contributed by atoms with Crippen molar-refractivity contribution in [1.29, 1.82) is 0 Å². The van der Waals surface area contributed by atoms with Crippen LogP contribution in [0.4, 0.5) is 9.59 Å². The van der Waals surface area contributed by atoms with E-state index in [9.17, 15) is 19.2 Å². The van der Waals surface area contributed by atoms with Gasteiger partial charge < -0.3 is 39.9 Å². The number of ether oxygens (including phenoxy) is 2. The lowest BCUT2D eigenvalue weighted by Crippen LogP contribution is -2.51. The lowest BCUT2D eigenvalue weighted by Gasteiger charge is -2.29. The number of aromatic amines is 2. The second-order valence-corrected chi connectivity index (χ2v) is 15.5. The highest BCUT2D eigenvalue weighted by Gasteiger charge is 2.39. The number of nitrogens with zero attached hydrogens (tertiary/aromatic N) is 5. The molecule has 4 N–H and O–H groups in total. The molecule has 302 valence electrons. The van der Waals surface area contributed by atoms with Crippen molar-refractivity contribution in [2.24, 2.45) is 11.8 Å². The second kappa shape index (κ2) is 17.0. The highest BCUT2D eigenvalue weighted by Crippen LogP contribution is 2.35. The van der Waals surface area contributed by atoms with Crippen molar-refractivity contribution in [3.05, 3.63) is 77.5 Å². The molecule has 5 aromatic rings. The van der Waals surface area contributed by atoms with Crippen LogP contribution in [0.25, 0.3) is 33.3 Å². The van der Waals surface area contributed by atoms with Crippen LogP contribution in [-0.2, 0) is 19.1 Å². The van der Waals surface area contributed by atoms with E-state index in [1.54, 1.807) is 16.0 Å². The predicted molar refractivity (Wildman–Crippen MR) is 217 cm³/mol. The highest BCUT2D eigenvalue weighted by atomic mass is 16.5. The van der Waals surface area contributed by atoms with Crippen LogP contribution in [0.3, 0.4) is 0 Å². The summed E-state index contributed by atoms with van der Waals surface area (Å²) >= 11 is 0. The number of methoxy groups -OCH3 is 2. The first-order valence-electron chi connectivity index (χ1n) is 19.7. The van der Waals surface area contributed by atoms with E-state index in [-0.39, 0.29) is 35.7 Å². The third-order valence-corrected chi connectivity index (χ3v) is 10.9. The van der Waals surface area contributed by atoms with Gasteiger partial charge in [-0.1, -0.05) is 45.6 Å². The number of pyridine rings is 1. The van der Waals surface area contributed by atoms with Crippen molar-refractivity contribution >= 4 is 46.1 Å². The van der Waals surface area contributed by atoms with Gasteiger partial charge in [-0.2, -0.15) is 0 Å². The van der Waals surface area contributed by atoms with Crippen LogP contribution in [0.1, 0.15) is 88.2 Å². The number of likely N-dealkylation sites (tertiary alicyclic amines) is 2. The number of aromatic nitrogens is 5. The average molecular weight is 788 g/mol. The van der Waals surface area contributed by atoms with Gasteiger partial charge in [0.1, 0.15) is 23.7 Å². The van der Waals surface area contributed by atoms with Crippen LogP contribution in [0.15, 0.2) is 54.7 Å². The molecule has 4 unspecified atom stereocenters. The maximum absolute atomic E-state index is 13.6. The zero-order valence-corrected chi connectivity index (χ0v) is 33.6. The Hall–Kier alpha value is -6.43. The fourth-order valence-electron chi connectivity index (χ4n) is 7.78. The predicted octanol–water partition coefficient (Wildman–Crippen LogP) is 5.99. The number of carbonyl (C=O) groups is 4. The quantitative estimate of drug-likeness (QED) is 0.130. The summed E-state index contributed by atoms with van der Waals surface area (Å²) in [6, 6.07) is 13.7. The van der Waals surface area contributed by atoms with Gasteiger partial charge in [0, 0.05) is 36.0 Å². The molecule has 15 nitrogen and oxygen atoms in total. The summed E-state index contributed by atoms with van der Waals surface area (Å²) in [6.45, 7) is 8.74. The number of amides is 4. The van der Waals surface area contributed by atoms with Gasteiger partial charge in [0.25, 0.3) is 0 Å². The fraction of sp³-hybridized carbons (Fsp3) is 0.419. The lowest BCUT2D eigenvalue weighted by atomic mass is 10.0. The number of hydrogen-bond donors (Lipinski definition) is 4. The van der Waals surface area contributed by atoms with Gasteiger partial charge in [0.05, 0.1) is 54.1 Å². The Morgan fingerprint density at radius 2 is 1.21 bits per heavy atom. The van der Waals surface area contributed by atoms with Crippen LogP contribution in [0.5, 0.6) is 0 Å². The smallest absolute Gasteiger partial charge is 0.407 e. The molecule has 2 aromatic carbocycles. The SMILES string of the molecule is COC(=O)NC(C(=O)N1CCCC1c1nc2ccc(C#Cc3ccc(-c4ccc5nc(C6CCCN6C(=O)C(NC(=O)OC)C(C)C)[nH]c5c4)nc3)cc2[nH]1)C(C)C. The summed E-state index contributed by atoms with van der Waals surface area (Å²) in [4.78, 5) is 75.9. The molecular formula is C43H49N9O6. The Morgan fingerprint density at radius 3 is 1.71 bits per heavy atom. The Bertz CT molecular complexity index is 2390. The van der Waals surface area contributed by atoms with E-state index < -0.39 is 24.3 Å². The van der Waals surface area contributed by atoms with Gasteiger partial charge in [0.2, 0.25) is 11.8 Å². The zero-order valence-electron chi connectivity index (χ0n) is 33.6. The van der Waals surface area contributed by atoms with Crippen molar-refractivity contribution in [1.82, 2.24) is 45.4 Å². The molecule has 3 aromatic heterocycles. The Morgan fingerprint density at radius 1 is 0.707 bits per heavy atom. The zero-order chi connectivity index (χ0) is 41.1. The van der Waals surface area contributed by atoms with Crippen LogP contribution in [-0.4, -0.2) is 98.1 Å².